The molecule has 88 valence electrons. The lowest BCUT2D eigenvalue weighted by molar-refractivity contribution is -0.384. The van der Waals surface area contributed by atoms with Crippen LogP contribution in [0.5, 0.6) is 5.75 Å². The van der Waals surface area contributed by atoms with Crippen LogP contribution in [0.4, 0.5) is 15.8 Å². The molecule has 0 spiro atoms. The number of halogens is 1. The Morgan fingerprint density at radius 2 is 2.24 bits per heavy atom. The quantitative estimate of drug-likeness (QED) is 0.446. The maximum absolute atomic E-state index is 13.3. The number of nitro benzene ring substituents is 1. The number of allylic oxidation sites excluding steroid dienone is 1. The van der Waals surface area contributed by atoms with Crippen molar-refractivity contribution in [1.82, 2.24) is 0 Å². The highest BCUT2D eigenvalue weighted by molar-refractivity contribution is 5.83. The van der Waals surface area contributed by atoms with Crippen LogP contribution in [0.25, 0.3) is 0 Å². The standard InChI is InChI=1S/C10H7FN2O4/c1-12-7-3-2-6(13(15)16)4-9(7)17-10(11)8(12)5-14/h2-5H,1H3. The number of non-ortho nitro benzene ring substituents is 1. The number of carbonyl (C=O) groups is 1. The minimum absolute atomic E-state index is 0.00444. The molecule has 0 radical (unpaired) electrons. The monoisotopic (exact) mass is 238 g/mol. The Balaban J connectivity index is 2.51. The van der Waals surface area contributed by atoms with Crippen molar-refractivity contribution in [2.24, 2.45) is 0 Å². The lowest BCUT2D eigenvalue weighted by Crippen LogP contribution is -2.24. The number of ether oxygens (including phenoxy) is 1. The van der Waals surface area contributed by atoms with Gasteiger partial charge in [-0.15, -0.1) is 0 Å². The maximum atomic E-state index is 13.3. The normalized spacial score (nSPS) is 14.1. The van der Waals surface area contributed by atoms with Crippen molar-refractivity contribution >= 4 is 17.7 Å². The molecule has 0 aliphatic carbocycles. The number of anilines is 1. The van der Waals surface area contributed by atoms with Gasteiger partial charge in [0.2, 0.25) is 0 Å². The van der Waals surface area contributed by atoms with Gasteiger partial charge >= 0.3 is 6.01 Å². The summed E-state index contributed by atoms with van der Waals surface area (Å²) in [6.45, 7) is 0. The molecule has 1 heterocycles. The molecule has 7 heteroatoms. The number of carbonyl (C=O) groups excluding carboxylic acids is 1. The molecule has 0 atom stereocenters. The molecule has 1 aliphatic rings. The molecule has 1 aromatic rings. The summed E-state index contributed by atoms with van der Waals surface area (Å²) in [6, 6.07) is 2.68. The molecule has 2 rings (SSSR count). The summed E-state index contributed by atoms with van der Waals surface area (Å²) < 4.78 is 18.1. The van der Waals surface area contributed by atoms with E-state index in [1.165, 1.54) is 24.1 Å². The highest BCUT2D eigenvalue weighted by Gasteiger charge is 2.26. The van der Waals surface area contributed by atoms with Crippen molar-refractivity contribution in [2.75, 3.05) is 11.9 Å². The zero-order chi connectivity index (χ0) is 12.6. The van der Waals surface area contributed by atoms with Gasteiger partial charge in [-0.05, 0) is 6.07 Å². The maximum Gasteiger partial charge on any atom is 0.305 e. The van der Waals surface area contributed by atoms with E-state index in [9.17, 15) is 19.3 Å². The van der Waals surface area contributed by atoms with Crippen LogP contribution in [0, 0.1) is 10.1 Å². The Hall–Kier alpha value is -2.44. The first-order chi connectivity index (χ1) is 8.04. The van der Waals surface area contributed by atoms with Gasteiger partial charge in [0.25, 0.3) is 5.69 Å². The van der Waals surface area contributed by atoms with E-state index in [1.54, 1.807) is 0 Å². The zero-order valence-corrected chi connectivity index (χ0v) is 8.71. The number of nitro groups is 1. The van der Waals surface area contributed by atoms with E-state index < -0.39 is 10.9 Å². The smallest absolute Gasteiger partial charge is 0.305 e. The van der Waals surface area contributed by atoms with Crippen LogP contribution >= 0.6 is 0 Å². The van der Waals surface area contributed by atoms with Gasteiger partial charge in [-0.2, -0.15) is 4.39 Å². The summed E-state index contributed by atoms with van der Waals surface area (Å²) in [7, 11) is 1.47. The predicted molar refractivity (Wildman–Crippen MR) is 56.3 cm³/mol. The molecule has 0 amide bonds. The number of hydrogen-bond donors (Lipinski definition) is 0. The van der Waals surface area contributed by atoms with Crippen LogP contribution in [0.3, 0.4) is 0 Å². The van der Waals surface area contributed by atoms with Gasteiger partial charge in [-0.25, -0.2) is 0 Å². The second kappa shape index (κ2) is 3.85. The van der Waals surface area contributed by atoms with E-state index in [0.29, 0.717) is 12.0 Å². The second-order valence-corrected chi connectivity index (χ2v) is 3.35. The minimum Gasteiger partial charge on any atom is -0.428 e. The summed E-state index contributed by atoms with van der Waals surface area (Å²) >= 11 is 0. The van der Waals surface area contributed by atoms with Crippen molar-refractivity contribution in [3.63, 3.8) is 0 Å². The summed E-state index contributed by atoms with van der Waals surface area (Å²) in [4.78, 5) is 21.8. The molecule has 0 N–H and O–H groups in total. The molecule has 1 aliphatic heterocycles. The van der Waals surface area contributed by atoms with Crippen LogP contribution in [0.1, 0.15) is 0 Å². The number of nitrogens with zero attached hydrogens (tertiary/aromatic N) is 2. The first-order valence-corrected chi connectivity index (χ1v) is 4.59. The van der Waals surface area contributed by atoms with E-state index in [0.717, 1.165) is 6.07 Å². The van der Waals surface area contributed by atoms with E-state index >= 15 is 0 Å². The largest absolute Gasteiger partial charge is 0.428 e. The van der Waals surface area contributed by atoms with Gasteiger partial charge in [-0.3, -0.25) is 14.9 Å². The van der Waals surface area contributed by atoms with Crippen molar-refractivity contribution < 1.29 is 18.8 Å². The van der Waals surface area contributed by atoms with E-state index in [2.05, 4.69) is 0 Å². The fraction of sp³-hybridized carbons (Fsp3) is 0.100. The average Bonchev–Trinajstić information content (AvgIpc) is 2.28. The van der Waals surface area contributed by atoms with Crippen molar-refractivity contribution in [3.05, 3.63) is 40.0 Å². The number of benzene rings is 1. The number of aldehydes is 1. The van der Waals surface area contributed by atoms with Gasteiger partial charge in [0.15, 0.2) is 17.7 Å². The van der Waals surface area contributed by atoms with Crippen molar-refractivity contribution in [2.45, 2.75) is 0 Å². The first kappa shape index (κ1) is 11.1. The molecule has 0 bridgehead atoms. The number of hydrogen-bond acceptors (Lipinski definition) is 5. The SMILES string of the molecule is CN1C(C=O)=C(F)Oc2cc([N+](=O)[O-])ccc21. The third-order valence-electron chi connectivity index (χ3n) is 2.39. The van der Waals surface area contributed by atoms with Crippen LogP contribution in [-0.2, 0) is 4.79 Å². The topological polar surface area (TPSA) is 72.7 Å². The third-order valence-corrected chi connectivity index (χ3v) is 2.39. The molecular weight excluding hydrogens is 231 g/mol. The lowest BCUT2D eigenvalue weighted by atomic mass is 10.2. The average molecular weight is 238 g/mol. The Kier molecular flexibility index (Phi) is 2.51. The van der Waals surface area contributed by atoms with Gasteiger partial charge in [0, 0.05) is 13.1 Å². The molecule has 0 aromatic heterocycles. The predicted octanol–water partition coefficient (Wildman–Crippen LogP) is 1.76. The van der Waals surface area contributed by atoms with Crippen LogP contribution in [-0.4, -0.2) is 18.3 Å². The number of fused-ring (bicyclic) bond motifs is 1. The first-order valence-electron chi connectivity index (χ1n) is 4.59. The zero-order valence-electron chi connectivity index (χ0n) is 8.71. The Bertz CT molecular complexity index is 541. The Morgan fingerprint density at radius 3 is 2.82 bits per heavy atom. The molecule has 1 aromatic carbocycles. The number of likely N-dealkylation sites (N-methyl/N-ethyl adjacent to an activating group) is 1. The van der Waals surface area contributed by atoms with Crippen molar-refractivity contribution in [1.29, 1.82) is 0 Å². The molecule has 0 fully saturated rings. The second-order valence-electron chi connectivity index (χ2n) is 3.35. The molecule has 0 saturated carbocycles. The minimum atomic E-state index is -1.07. The summed E-state index contributed by atoms with van der Waals surface area (Å²) in [6.07, 6.45) is 0.319. The Labute approximate surface area is 95.0 Å². The van der Waals surface area contributed by atoms with Crippen LogP contribution in [0.2, 0.25) is 0 Å². The van der Waals surface area contributed by atoms with Gasteiger partial charge in [0.1, 0.15) is 0 Å². The van der Waals surface area contributed by atoms with Crippen LogP contribution in [0.15, 0.2) is 29.9 Å². The molecule has 0 unspecified atom stereocenters. The van der Waals surface area contributed by atoms with Crippen LogP contribution < -0.4 is 9.64 Å². The van der Waals surface area contributed by atoms with E-state index in [4.69, 9.17) is 4.74 Å². The molecule has 0 saturated heterocycles. The molecule has 6 nitrogen and oxygen atoms in total. The highest BCUT2D eigenvalue weighted by Crippen LogP contribution is 2.38. The Morgan fingerprint density at radius 1 is 1.53 bits per heavy atom. The van der Waals surface area contributed by atoms with Gasteiger partial charge < -0.3 is 9.64 Å². The summed E-state index contributed by atoms with van der Waals surface area (Å²) in [5.41, 5.74) is -0.0787. The van der Waals surface area contributed by atoms with Crippen molar-refractivity contribution in [3.8, 4) is 5.75 Å². The van der Waals surface area contributed by atoms with E-state index in [1.807, 2.05) is 0 Å². The lowest BCUT2D eigenvalue weighted by Gasteiger charge is -2.26. The summed E-state index contributed by atoms with van der Waals surface area (Å²) in [5, 5.41) is 10.5. The number of rotatable bonds is 2. The molecular formula is C10H7FN2O4. The molecule has 17 heavy (non-hydrogen) atoms. The van der Waals surface area contributed by atoms with Gasteiger partial charge in [0.05, 0.1) is 16.7 Å². The fourth-order valence-electron chi connectivity index (χ4n) is 1.51. The summed E-state index contributed by atoms with van der Waals surface area (Å²) in [5.74, 6) is 0.00444. The van der Waals surface area contributed by atoms with E-state index in [-0.39, 0.29) is 17.1 Å². The third kappa shape index (κ3) is 1.71. The van der Waals surface area contributed by atoms with Gasteiger partial charge in [-0.1, -0.05) is 0 Å². The highest BCUT2D eigenvalue weighted by atomic mass is 19.1. The fourth-order valence-corrected chi connectivity index (χ4v) is 1.51.